The Hall–Kier alpha value is -2.53. The van der Waals surface area contributed by atoms with Gasteiger partial charge in [-0.1, -0.05) is 11.6 Å². The van der Waals surface area contributed by atoms with Crippen LogP contribution in [0.3, 0.4) is 0 Å². The second-order valence-corrected chi connectivity index (χ2v) is 7.11. The Labute approximate surface area is 160 Å². The molecule has 0 N–H and O–H groups in total. The van der Waals surface area contributed by atoms with E-state index in [0.717, 1.165) is 12.8 Å². The molecule has 6 nitrogen and oxygen atoms in total. The van der Waals surface area contributed by atoms with Crippen molar-refractivity contribution in [2.75, 3.05) is 36.0 Å². The molecule has 1 aliphatic carbocycles. The third-order valence-corrected chi connectivity index (χ3v) is 5.05. The molecule has 0 spiro atoms. The van der Waals surface area contributed by atoms with Crippen LogP contribution in [0.25, 0.3) is 0 Å². The summed E-state index contributed by atoms with van der Waals surface area (Å²) >= 11 is 6.24. The van der Waals surface area contributed by atoms with Gasteiger partial charge in [0.1, 0.15) is 29.2 Å². The molecule has 1 saturated heterocycles. The quantitative estimate of drug-likeness (QED) is 0.795. The van der Waals surface area contributed by atoms with E-state index in [1.54, 1.807) is 6.07 Å². The highest BCUT2D eigenvalue weighted by Crippen LogP contribution is 2.39. The van der Waals surface area contributed by atoms with Gasteiger partial charge in [0.05, 0.1) is 10.6 Å². The van der Waals surface area contributed by atoms with Crippen molar-refractivity contribution in [1.29, 1.82) is 5.26 Å². The molecule has 4 rings (SSSR count). The van der Waals surface area contributed by atoms with Crippen molar-refractivity contribution in [3.05, 3.63) is 40.4 Å². The summed E-state index contributed by atoms with van der Waals surface area (Å²) in [7, 11) is 0. The summed E-state index contributed by atoms with van der Waals surface area (Å²) in [6, 6.07) is 4.99. The largest absolute Gasteiger partial charge is 0.353 e. The zero-order valence-electron chi connectivity index (χ0n) is 14.4. The van der Waals surface area contributed by atoms with Crippen LogP contribution in [0.15, 0.2) is 18.3 Å². The van der Waals surface area contributed by atoms with Gasteiger partial charge in [0.15, 0.2) is 0 Å². The first-order valence-electron chi connectivity index (χ1n) is 8.77. The summed E-state index contributed by atoms with van der Waals surface area (Å²) in [5.41, 5.74) is 0.205. The lowest BCUT2D eigenvalue weighted by Crippen LogP contribution is -2.47. The Bertz CT molecular complexity index is 868. The maximum Gasteiger partial charge on any atom is 0.280 e. The lowest BCUT2D eigenvalue weighted by atomic mass is 10.2. The van der Waals surface area contributed by atoms with Gasteiger partial charge >= 0.3 is 0 Å². The van der Waals surface area contributed by atoms with Crippen LogP contribution < -0.4 is 9.80 Å². The van der Waals surface area contributed by atoms with E-state index in [4.69, 9.17) is 16.9 Å². The van der Waals surface area contributed by atoms with Crippen LogP contribution in [0.4, 0.5) is 20.4 Å². The lowest BCUT2D eigenvalue weighted by molar-refractivity contribution is 0.145. The van der Waals surface area contributed by atoms with Gasteiger partial charge in [-0.05, 0) is 18.9 Å². The normalized spacial score (nSPS) is 17.3. The number of hydrogen-bond donors (Lipinski definition) is 0. The summed E-state index contributed by atoms with van der Waals surface area (Å²) in [6.07, 6.45) is 0.813. The average Bonchev–Trinajstić information content (AvgIpc) is 3.53. The number of hydrogen-bond acceptors (Lipinski definition) is 6. The van der Waals surface area contributed by atoms with E-state index in [1.165, 1.54) is 12.3 Å². The number of nitrogens with zero attached hydrogens (tertiary/aromatic N) is 6. The molecule has 2 aliphatic rings. The number of aromatic nitrogens is 3. The van der Waals surface area contributed by atoms with Crippen molar-refractivity contribution in [2.24, 2.45) is 0 Å². The van der Waals surface area contributed by atoms with E-state index in [0.29, 0.717) is 54.2 Å². The van der Waals surface area contributed by atoms with Crippen LogP contribution in [-0.2, 0) is 0 Å². The predicted octanol–water partition coefficient (Wildman–Crippen LogP) is 3.54. The Balaban J connectivity index is 1.50. The fourth-order valence-corrected chi connectivity index (χ4v) is 3.43. The van der Waals surface area contributed by atoms with E-state index in [1.807, 2.05) is 15.9 Å². The van der Waals surface area contributed by atoms with Crippen molar-refractivity contribution in [1.82, 2.24) is 15.0 Å². The Morgan fingerprint density at radius 1 is 1.11 bits per heavy atom. The first-order valence-corrected chi connectivity index (χ1v) is 9.15. The van der Waals surface area contributed by atoms with Gasteiger partial charge in [-0.15, -0.1) is 0 Å². The minimum Gasteiger partial charge on any atom is -0.353 e. The Morgan fingerprint density at radius 2 is 1.81 bits per heavy atom. The van der Waals surface area contributed by atoms with Crippen LogP contribution in [0.1, 0.15) is 42.3 Å². The van der Waals surface area contributed by atoms with E-state index < -0.39 is 6.43 Å². The van der Waals surface area contributed by atoms with Crippen LogP contribution in [0, 0.1) is 11.3 Å². The van der Waals surface area contributed by atoms with Gasteiger partial charge < -0.3 is 9.80 Å². The monoisotopic (exact) mass is 390 g/mol. The summed E-state index contributed by atoms with van der Waals surface area (Å²) < 4.78 is 26.4. The molecule has 2 aromatic heterocycles. The third kappa shape index (κ3) is 3.78. The van der Waals surface area contributed by atoms with Gasteiger partial charge in [-0.2, -0.15) is 5.26 Å². The predicted molar refractivity (Wildman–Crippen MR) is 97.4 cm³/mol. The number of piperazine rings is 1. The van der Waals surface area contributed by atoms with Crippen molar-refractivity contribution >= 4 is 23.2 Å². The maximum absolute atomic E-state index is 13.2. The molecule has 1 saturated carbocycles. The number of anilines is 2. The fraction of sp³-hybridized carbons (Fsp3) is 0.444. The molecule has 140 valence electrons. The molecule has 0 aromatic carbocycles. The Morgan fingerprint density at radius 3 is 2.41 bits per heavy atom. The number of alkyl halides is 2. The topological polar surface area (TPSA) is 68.9 Å². The Kier molecular flexibility index (Phi) is 4.79. The molecule has 3 heterocycles. The summed E-state index contributed by atoms with van der Waals surface area (Å²) in [5, 5.41) is 9.35. The van der Waals surface area contributed by atoms with Crippen molar-refractivity contribution in [3.63, 3.8) is 0 Å². The first kappa shape index (κ1) is 17.9. The second-order valence-electron chi connectivity index (χ2n) is 6.70. The molecule has 0 bridgehead atoms. The number of halogens is 3. The molecule has 1 aliphatic heterocycles. The van der Waals surface area contributed by atoms with Gasteiger partial charge in [-0.3, -0.25) is 0 Å². The standard InChI is InChI=1S/C18H17ClF2N6/c19-13-7-11(9-22)10-23-18(13)27-5-3-26(4-6-27)15-8-14(16(20)21)24-17(25-15)12-1-2-12/h7-8,10,12,16H,1-6H2. The zero-order valence-corrected chi connectivity index (χ0v) is 15.2. The van der Waals surface area contributed by atoms with Crippen LogP contribution in [0.5, 0.6) is 0 Å². The molecule has 0 atom stereocenters. The fourth-order valence-electron chi connectivity index (χ4n) is 3.14. The first-order chi connectivity index (χ1) is 13.0. The van der Waals surface area contributed by atoms with Crippen LogP contribution in [-0.4, -0.2) is 41.1 Å². The zero-order chi connectivity index (χ0) is 19.0. The van der Waals surface area contributed by atoms with Crippen molar-refractivity contribution in [3.8, 4) is 6.07 Å². The molecular formula is C18H17ClF2N6. The smallest absolute Gasteiger partial charge is 0.280 e. The van der Waals surface area contributed by atoms with E-state index in [9.17, 15) is 8.78 Å². The highest BCUT2D eigenvalue weighted by molar-refractivity contribution is 6.33. The lowest BCUT2D eigenvalue weighted by Gasteiger charge is -2.36. The molecule has 0 radical (unpaired) electrons. The van der Waals surface area contributed by atoms with Gasteiger partial charge in [0.25, 0.3) is 6.43 Å². The summed E-state index contributed by atoms with van der Waals surface area (Å²) in [5.74, 6) is 1.93. The summed E-state index contributed by atoms with van der Waals surface area (Å²) in [4.78, 5) is 16.9. The maximum atomic E-state index is 13.2. The van der Waals surface area contributed by atoms with E-state index >= 15 is 0 Å². The van der Waals surface area contributed by atoms with E-state index in [-0.39, 0.29) is 11.6 Å². The van der Waals surface area contributed by atoms with Crippen LogP contribution in [0.2, 0.25) is 5.02 Å². The minimum atomic E-state index is -2.60. The highest BCUT2D eigenvalue weighted by Gasteiger charge is 2.30. The average molecular weight is 391 g/mol. The van der Waals surface area contributed by atoms with Crippen molar-refractivity contribution in [2.45, 2.75) is 25.2 Å². The van der Waals surface area contributed by atoms with Gasteiger partial charge in [-0.25, -0.2) is 23.7 Å². The summed E-state index contributed by atoms with van der Waals surface area (Å²) in [6.45, 7) is 2.49. The van der Waals surface area contributed by atoms with Crippen molar-refractivity contribution < 1.29 is 8.78 Å². The minimum absolute atomic E-state index is 0.207. The van der Waals surface area contributed by atoms with Gasteiger partial charge in [0.2, 0.25) is 0 Å². The number of nitriles is 1. The number of pyridine rings is 1. The molecule has 0 unspecified atom stereocenters. The third-order valence-electron chi connectivity index (χ3n) is 4.77. The SMILES string of the molecule is N#Cc1cnc(N2CCN(c3cc(C(F)F)nc(C4CC4)n3)CC2)c(Cl)c1. The molecule has 2 fully saturated rings. The molecular weight excluding hydrogens is 374 g/mol. The highest BCUT2D eigenvalue weighted by atomic mass is 35.5. The van der Waals surface area contributed by atoms with Gasteiger partial charge in [0, 0.05) is 44.4 Å². The molecule has 9 heteroatoms. The molecule has 2 aromatic rings. The second kappa shape index (κ2) is 7.24. The molecule has 27 heavy (non-hydrogen) atoms. The molecule has 0 amide bonds. The van der Waals surface area contributed by atoms with E-state index in [2.05, 4.69) is 15.0 Å². The van der Waals surface area contributed by atoms with Crippen LogP contribution >= 0.6 is 11.6 Å². The number of rotatable bonds is 4.